The molecule has 1 atom stereocenters. The highest BCUT2D eigenvalue weighted by Crippen LogP contribution is 2.36. The molecule has 21 heavy (non-hydrogen) atoms. The van der Waals surface area contributed by atoms with Crippen LogP contribution in [0.4, 0.5) is 0 Å². The maximum Gasteiger partial charge on any atom is 0.500 e. The lowest BCUT2D eigenvalue weighted by Crippen LogP contribution is -2.57. The van der Waals surface area contributed by atoms with E-state index in [2.05, 4.69) is 48.5 Å². The SMILES string of the molecule is CC[Si](OC)(OCC1(C)COC1)OC(C)(C(C)C)C(C)C. The summed E-state index contributed by atoms with van der Waals surface area (Å²) in [6.45, 7) is 17.4. The van der Waals surface area contributed by atoms with Gasteiger partial charge in [0, 0.05) is 25.2 Å². The van der Waals surface area contributed by atoms with Gasteiger partial charge in [-0.2, -0.15) is 0 Å². The summed E-state index contributed by atoms with van der Waals surface area (Å²) in [7, 11) is -0.933. The molecule has 1 aliphatic heterocycles. The molecule has 0 bridgehead atoms. The quantitative estimate of drug-likeness (QED) is 0.607. The minimum Gasteiger partial charge on any atom is -0.380 e. The van der Waals surface area contributed by atoms with Gasteiger partial charge in [-0.05, 0) is 18.8 Å². The first-order valence-corrected chi connectivity index (χ1v) is 10.0. The summed E-state index contributed by atoms with van der Waals surface area (Å²) in [4.78, 5) is 0. The molecule has 4 nitrogen and oxygen atoms in total. The molecule has 1 aliphatic rings. The molecule has 0 aromatic heterocycles. The molecule has 126 valence electrons. The molecule has 0 aromatic rings. The average Bonchev–Trinajstić information content (AvgIpc) is 2.40. The third-order valence-electron chi connectivity index (χ3n) is 4.95. The summed E-state index contributed by atoms with van der Waals surface area (Å²) in [6, 6.07) is 0.787. The molecule has 1 rings (SSSR count). The fourth-order valence-electron chi connectivity index (χ4n) is 2.50. The van der Waals surface area contributed by atoms with Gasteiger partial charge >= 0.3 is 8.80 Å². The van der Waals surface area contributed by atoms with Crippen LogP contribution >= 0.6 is 0 Å². The van der Waals surface area contributed by atoms with Crippen molar-refractivity contribution in [2.45, 2.75) is 60.1 Å². The first-order valence-electron chi connectivity index (χ1n) is 8.10. The Labute approximate surface area is 131 Å². The lowest BCUT2D eigenvalue weighted by Gasteiger charge is -2.45. The Morgan fingerprint density at radius 3 is 2.00 bits per heavy atom. The lowest BCUT2D eigenvalue weighted by molar-refractivity contribution is -0.139. The van der Waals surface area contributed by atoms with Crippen LogP contribution in [-0.2, 0) is 18.0 Å². The van der Waals surface area contributed by atoms with Gasteiger partial charge in [0.15, 0.2) is 0 Å². The fraction of sp³-hybridized carbons (Fsp3) is 1.00. The third kappa shape index (κ3) is 4.29. The van der Waals surface area contributed by atoms with E-state index in [1.165, 1.54) is 0 Å². The molecule has 0 aliphatic carbocycles. The van der Waals surface area contributed by atoms with Crippen molar-refractivity contribution in [2.24, 2.45) is 17.3 Å². The molecule has 1 heterocycles. The van der Waals surface area contributed by atoms with Gasteiger partial charge in [-0.15, -0.1) is 0 Å². The molecule has 1 unspecified atom stereocenters. The van der Waals surface area contributed by atoms with Crippen molar-refractivity contribution in [1.29, 1.82) is 0 Å². The Hall–Kier alpha value is 0.0569. The minimum atomic E-state index is -2.65. The van der Waals surface area contributed by atoms with Crippen molar-refractivity contribution < 1.29 is 18.0 Å². The van der Waals surface area contributed by atoms with E-state index < -0.39 is 8.80 Å². The molecule has 0 N–H and O–H groups in total. The zero-order valence-electron chi connectivity index (χ0n) is 15.1. The van der Waals surface area contributed by atoms with Crippen LogP contribution in [-0.4, -0.2) is 41.3 Å². The first-order chi connectivity index (χ1) is 9.63. The van der Waals surface area contributed by atoms with Crippen LogP contribution in [0.5, 0.6) is 0 Å². The van der Waals surface area contributed by atoms with E-state index in [0.29, 0.717) is 18.4 Å². The Morgan fingerprint density at radius 2 is 1.71 bits per heavy atom. The predicted octanol–water partition coefficient (Wildman–Crippen LogP) is 3.73. The predicted molar refractivity (Wildman–Crippen MR) is 87.3 cm³/mol. The number of ether oxygens (including phenoxy) is 1. The van der Waals surface area contributed by atoms with Gasteiger partial charge in [-0.25, -0.2) is 0 Å². The monoisotopic (exact) mass is 318 g/mol. The summed E-state index contributed by atoms with van der Waals surface area (Å²) in [5.74, 6) is 0.801. The van der Waals surface area contributed by atoms with Crippen molar-refractivity contribution in [3.05, 3.63) is 0 Å². The number of hydrogen-bond donors (Lipinski definition) is 0. The van der Waals surface area contributed by atoms with Gasteiger partial charge in [-0.3, -0.25) is 0 Å². The molecular formula is C16H34O4Si. The van der Waals surface area contributed by atoms with Crippen molar-refractivity contribution >= 4 is 8.80 Å². The number of hydrogen-bond acceptors (Lipinski definition) is 4. The van der Waals surface area contributed by atoms with E-state index in [0.717, 1.165) is 19.3 Å². The molecular weight excluding hydrogens is 284 g/mol. The van der Waals surface area contributed by atoms with Crippen LogP contribution < -0.4 is 0 Å². The van der Waals surface area contributed by atoms with Crippen molar-refractivity contribution in [1.82, 2.24) is 0 Å². The molecule has 0 amide bonds. The van der Waals surface area contributed by atoms with Gasteiger partial charge < -0.3 is 18.0 Å². The van der Waals surface area contributed by atoms with Crippen molar-refractivity contribution in [3.63, 3.8) is 0 Å². The van der Waals surface area contributed by atoms with Gasteiger partial charge in [0.25, 0.3) is 0 Å². The van der Waals surface area contributed by atoms with Gasteiger partial charge in [-0.1, -0.05) is 41.5 Å². The van der Waals surface area contributed by atoms with Crippen LogP contribution in [0.15, 0.2) is 0 Å². The van der Waals surface area contributed by atoms with Crippen LogP contribution in [0.3, 0.4) is 0 Å². The van der Waals surface area contributed by atoms with Crippen LogP contribution in [0.25, 0.3) is 0 Å². The zero-order valence-corrected chi connectivity index (χ0v) is 16.1. The Bertz CT molecular complexity index is 314. The van der Waals surface area contributed by atoms with E-state index in [1.807, 2.05) is 0 Å². The largest absolute Gasteiger partial charge is 0.500 e. The highest BCUT2D eigenvalue weighted by Gasteiger charge is 2.49. The number of rotatable bonds is 9. The summed E-state index contributed by atoms with van der Waals surface area (Å²) in [5.41, 5.74) is -0.128. The first kappa shape index (κ1) is 19.1. The second-order valence-corrected chi connectivity index (χ2v) is 10.4. The maximum atomic E-state index is 6.56. The van der Waals surface area contributed by atoms with Gasteiger partial charge in [0.05, 0.1) is 18.8 Å². The van der Waals surface area contributed by atoms with Crippen LogP contribution in [0, 0.1) is 17.3 Å². The molecule has 0 radical (unpaired) electrons. The minimum absolute atomic E-state index is 0.112. The summed E-state index contributed by atoms with van der Waals surface area (Å²) < 4.78 is 23.9. The molecule has 0 spiro atoms. The Morgan fingerprint density at radius 1 is 1.19 bits per heavy atom. The van der Waals surface area contributed by atoms with Crippen molar-refractivity contribution in [2.75, 3.05) is 26.9 Å². The molecule has 5 heteroatoms. The van der Waals surface area contributed by atoms with Crippen molar-refractivity contribution in [3.8, 4) is 0 Å². The lowest BCUT2D eigenvalue weighted by atomic mass is 9.82. The average molecular weight is 319 g/mol. The Kier molecular flexibility index (Phi) is 6.45. The molecule has 1 saturated heterocycles. The highest BCUT2D eigenvalue weighted by atomic mass is 28.4. The standard InChI is InChI=1S/C16H34O4Si/c1-9-21(17-8,19-12-15(6)10-18-11-15)20-16(7,13(2)3)14(4)5/h13-14H,9-12H2,1-8H3. The van der Waals surface area contributed by atoms with E-state index in [-0.39, 0.29) is 11.0 Å². The topological polar surface area (TPSA) is 36.9 Å². The highest BCUT2D eigenvalue weighted by molar-refractivity contribution is 6.60. The molecule has 0 aromatic carbocycles. The molecule has 0 saturated carbocycles. The molecule has 1 fully saturated rings. The zero-order chi connectivity index (χ0) is 16.3. The van der Waals surface area contributed by atoms with Gasteiger partial charge in [0.1, 0.15) is 0 Å². The second kappa shape index (κ2) is 7.09. The summed E-state index contributed by atoms with van der Waals surface area (Å²) >= 11 is 0. The smallest absolute Gasteiger partial charge is 0.380 e. The maximum absolute atomic E-state index is 6.56. The van der Waals surface area contributed by atoms with Crippen LogP contribution in [0.2, 0.25) is 6.04 Å². The normalized spacial score (nSPS) is 21.4. The third-order valence-corrected chi connectivity index (χ3v) is 7.78. The van der Waals surface area contributed by atoms with E-state index >= 15 is 0 Å². The second-order valence-electron chi connectivity index (χ2n) is 7.43. The fourth-order valence-corrected chi connectivity index (χ4v) is 5.11. The van der Waals surface area contributed by atoms with E-state index in [1.54, 1.807) is 7.11 Å². The van der Waals surface area contributed by atoms with E-state index in [4.69, 9.17) is 18.0 Å². The summed E-state index contributed by atoms with van der Waals surface area (Å²) in [5, 5.41) is 0. The Balaban J connectivity index is 2.82. The van der Waals surface area contributed by atoms with Crippen LogP contribution in [0.1, 0.15) is 48.5 Å². The summed E-state index contributed by atoms with van der Waals surface area (Å²) in [6.07, 6.45) is 0. The van der Waals surface area contributed by atoms with Gasteiger partial charge in [0.2, 0.25) is 0 Å². The van der Waals surface area contributed by atoms with E-state index in [9.17, 15) is 0 Å².